The largest absolute Gasteiger partial charge is 0.399 e. The normalized spacial score (nSPS) is 13.4. The van der Waals surface area contributed by atoms with Gasteiger partial charge in [0.2, 0.25) is 0 Å². The Hall–Kier alpha value is -6.44. The highest BCUT2D eigenvalue weighted by Gasteiger charge is 2.46. The molecule has 1 nitrogen and oxygen atoms in total. The fraction of sp³-hybridized carbons (Fsp3) is 0.0400. The van der Waals surface area contributed by atoms with Crippen LogP contribution in [0.3, 0.4) is 0 Å². The Kier molecular flexibility index (Phi) is 8.39. The van der Waals surface area contributed by atoms with E-state index in [-0.39, 0.29) is 0 Å². The van der Waals surface area contributed by atoms with Crippen molar-refractivity contribution >= 4 is 22.4 Å². The maximum atomic E-state index is 5.92. The van der Waals surface area contributed by atoms with E-state index in [1.165, 1.54) is 50.1 Å². The van der Waals surface area contributed by atoms with Crippen molar-refractivity contribution in [1.29, 1.82) is 0 Å². The molecule has 1 aliphatic carbocycles. The molecular formula is C50H39N. The number of nitrogens with two attached hydrogens (primary N) is 1. The summed E-state index contributed by atoms with van der Waals surface area (Å²) >= 11 is 0. The first kappa shape index (κ1) is 31.8. The Morgan fingerprint density at radius 3 is 1.63 bits per heavy atom. The molecule has 1 heteroatoms. The number of benzene rings is 7. The molecule has 244 valence electrons. The van der Waals surface area contributed by atoms with Gasteiger partial charge in [-0.3, -0.25) is 0 Å². The third kappa shape index (κ3) is 5.83. The van der Waals surface area contributed by atoms with Crippen LogP contribution in [-0.4, -0.2) is 0 Å². The summed E-state index contributed by atoms with van der Waals surface area (Å²) in [6.45, 7) is 6.85. The molecule has 0 spiro atoms. The van der Waals surface area contributed by atoms with Gasteiger partial charge >= 0.3 is 0 Å². The van der Waals surface area contributed by atoms with Crippen molar-refractivity contribution in [2.75, 3.05) is 5.73 Å². The van der Waals surface area contributed by atoms with Crippen LogP contribution in [0.25, 0.3) is 39.0 Å². The molecule has 7 aromatic carbocycles. The van der Waals surface area contributed by atoms with Crippen LogP contribution in [0.5, 0.6) is 0 Å². The third-order valence-corrected chi connectivity index (χ3v) is 10.2. The minimum absolute atomic E-state index is 0.453. The fourth-order valence-electron chi connectivity index (χ4n) is 7.67. The molecule has 0 bridgehead atoms. The number of allylic oxidation sites excluding steroid dienone is 5. The lowest BCUT2D eigenvalue weighted by atomic mass is 9.67. The molecule has 0 aromatic heterocycles. The van der Waals surface area contributed by atoms with E-state index >= 15 is 0 Å². The van der Waals surface area contributed by atoms with Crippen LogP contribution in [0.1, 0.15) is 45.9 Å². The molecule has 0 heterocycles. The Labute approximate surface area is 301 Å². The Bertz CT molecular complexity index is 2360. The van der Waals surface area contributed by atoms with E-state index in [1.807, 2.05) is 12.1 Å². The molecule has 0 saturated carbocycles. The number of rotatable bonds is 8. The molecule has 0 amide bonds. The molecule has 0 aliphatic heterocycles. The highest BCUT2D eigenvalue weighted by molar-refractivity contribution is 5.93. The minimum atomic E-state index is -0.453. The quantitative estimate of drug-likeness (QED) is 0.128. The van der Waals surface area contributed by atoms with Gasteiger partial charge in [-0.05, 0) is 109 Å². The number of nitrogen functional groups attached to an aromatic ring is 1. The fourth-order valence-corrected chi connectivity index (χ4v) is 7.67. The van der Waals surface area contributed by atoms with Crippen molar-refractivity contribution in [2.24, 2.45) is 0 Å². The lowest BCUT2D eigenvalue weighted by Gasteiger charge is -2.34. The van der Waals surface area contributed by atoms with E-state index in [1.54, 1.807) is 0 Å². The summed E-state index contributed by atoms with van der Waals surface area (Å²) < 4.78 is 0. The standard InChI is InChI=1S/C50H39N/c1-35(37-22-24-39(25-23-37)40-26-29-45(51)30-27-40)32-42(38-14-6-3-7-15-38)33-36(2)41-28-31-47-46-20-12-13-21-48(46)50(49(47)34-41,43-16-8-4-9-17-43)44-18-10-5-11-19-44/h3-34H,2,51H2,1H3/b35-32+,42-33+. The Morgan fingerprint density at radius 2 is 1.00 bits per heavy atom. The molecule has 0 unspecified atom stereocenters. The molecule has 0 saturated heterocycles. The molecule has 2 N–H and O–H groups in total. The van der Waals surface area contributed by atoms with Gasteiger partial charge in [-0.1, -0.05) is 176 Å². The zero-order valence-corrected chi connectivity index (χ0v) is 28.8. The maximum Gasteiger partial charge on any atom is 0.0713 e. The van der Waals surface area contributed by atoms with Crippen LogP contribution in [0, 0.1) is 0 Å². The molecular weight excluding hydrogens is 615 g/mol. The molecule has 0 radical (unpaired) electrons. The first-order chi connectivity index (χ1) is 25.0. The van der Waals surface area contributed by atoms with Crippen molar-refractivity contribution in [1.82, 2.24) is 0 Å². The van der Waals surface area contributed by atoms with Gasteiger partial charge in [-0.15, -0.1) is 0 Å². The van der Waals surface area contributed by atoms with Crippen LogP contribution < -0.4 is 5.73 Å². The lowest BCUT2D eigenvalue weighted by molar-refractivity contribution is 0.768. The summed E-state index contributed by atoms with van der Waals surface area (Å²) in [5, 5.41) is 0. The van der Waals surface area contributed by atoms with Gasteiger partial charge in [0.1, 0.15) is 0 Å². The molecule has 8 rings (SSSR count). The van der Waals surface area contributed by atoms with Gasteiger partial charge in [0.15, 0.2) is 0 Å². The van der Waals surface area contributed by atoms with Gasteiger partial charge in [-0.2, -0.15) is 0 Å². The van der Waals surface area contributed by atoms with Crippen LogP contribution in [-0.2, 0) is 5.41 Å². The second-order valence-electron chi connectivity index (χ2n) is 13.3. The van der Waals surface area contributed by atoms with E-state index in [9.17, 15) is 0 Å². The van der Waals surface area contributed by atoms with E-state index < -0.39 is 5.41 Å². The highest BCUT2D eigenvalue weighted by atomic mass is 14.5. The molecule has 1 aliphatic rings. The zero-order chi connectivity index (χ0) is 34.8. The smallest absolute Gasteiger partial charge is 0.0713 e. The molecule has 0 atom stereocenters. The van der Waals surface area contributed by atoms with Crippen LogP contribution in [0.15, 0.2) is 201 Å². The summed E-state index contributed by atoms with van der Waals surface area (Å²) in [6.07, 6.45) is 4.51. The van der Waals surface area contributed by atoms with E-state index in [4.69, 9.17) is 5.73 Å². The summed E-state index contributed by atoms with van der Waals surface area (Å²) in [6, 6.07) is 65.0. The van der Waals surface area contributed by atoms with Crippen molar-refractivity contribution < 1.29 is 0 Å². The first-order valence-electron chi connectivity index (χ1n) is 17.5. The van der Waals surface area contributed by atoms with E-state index in [0.29, 0.717) is 0 Å². The van der Waals surface area contributed by atoms with Crippen molar-refractivity contribution in [3.05, 3.63) is 240 Å². The third-order valence-electron chi connectivity index (χ3n) is 10.2. The zero-order valence-electron chi connectivity index (χ0n) is 28.8. The van der Waals surface area contributed by atoms with Crippen LogP contribution in [0.4, 0.5) is 5.69 Å². The lowest BCUT2D eigenvalue weighted by Crippen LogP contribution is -2.28. The van der Waals surface area contributed by atoms with Gasteiger partial charge in [0.05, 0.1) is 5.41 Å². The van der Waals surface area contributed by atoms with Crippen LogP contribution in [0.2, 0.25) is 0 Å². The maximum absolute atomic E-state index is 5.92. The second-order valence-corrected chi connectivity index (χ2v) is 13.3. The summed E-state index contributed by atoms with van der Waals surface area (Å²) in [5.41, 5.74) is 22.9. The monoisotopic (exact) mass is 653 g/mol. The molecule has 51 heavy (non-hydrogen) atoms. The van der Waals surface area contributed by atoms with E-state index in [0.717, 1.165) is 33.5 Å². The van der Waals surface area contributed by atoms with Crippen LogP contribution >= 0.6 is 0 Å². The molecule has 7 aromatic rings. The highest BCUT2D eigenvalue weighted by Crippen LogP contribution is 2.56. The van der Waals surface area contributed by atoms with Gasteiger partial charge in [-0.25, -0.2) is 0 Å². The predicted octanol–water partition coefficient (Wildman–Crippen LogP) is 12.5. The van der Waals surface area contributed by atoms with E-state index in [2.05, 4.69) is 196 Å². The number of fused-ring (bicyclic) bond motifs is 3. The molecule has 0 fully saturated rings. The first-order valence-corrected chi connectivity index (χ1v) is 17.5. The van der Waals surface area contributed by atoms with Gasteiger partial charge < -0.3 is 5.73 Å². The van der Waals surface area contributed by atoms with Crippen molar-refractivity contribution in [3.8, 4) is 22.3 Å². The average molecular weight is 654 g/mol. The summed E-state index contributed by atoms with van der Waals surface area (Å²) in [7, 11) is 0. The number of anilines is 1. The second kappa shape index (κ2) is 13.5. The average Bonchev–Trinajstić information content (AvgIpc) is 3.49. The number of hydrogen-bond donors (Lipinski definition) is 1. The SMILES string of the molecule is C=C(/C=C(\C=C(/C)c1ccc(-c2ccc(N)cc2)cc1)c1ccccc1)c1ccc2c(c1)C(c1ccccc1)(c1ccccc1)c1ccccc1-2. The summed E-state index contributed by atoms with van der Waals surface area (Å²) in [4.78, 5) is 0. The van der Waals surface area contributed by atoms with Crippen molar-refractivity contribution in [3.63, 3.8) is 0 Å². The topological polar surface area (TPSA) is 26.0 Å². The Balaban J connectivity index is 1.22. The van der Waals surface area contributed by atoms with Gasteiger partial charge in [0, 0.05) is 5.69 Å². The van der Waals surface area contributed by atoms with Gasteiger partial charge in [0.25, 0.3) is 0 Å². The minimum Gasteiger partial charge on any atom is -0.399 e. The summed E-state index contributed by atoms with van der Waals surface area (Å²) in [5.74, 6) is 0. The van der Waals surface area contributed by atoms with Crippen molar-refractivity contribution in [2.45, 2.75) is 12.3 Å². The predicted molar refractivity (Wildman–Crippen MR) is 217 cm³/mol. The Morgan fingerprint density at radius 1 is 0.490 bits per heavy atom. The number of hydrogen-bond acceptors (Lipinski definition) is 1.